The maximum absolute atomic E-state index is 9.02. The quantitative estimate of drug-likeness (QED) is 0.884. The van der Waals surface area contributed by atoms with E-state index in [0.717, 1.165) is 5.56 Å². The largest absolute Gasteiger partial charge is 0.438 e. The normalized spacial score (nSPS) is 10.3. The molecular weight excluding hydrogens is 307 g/mol. The van der Waals surface area contributed by atoms with E-state index >= 15 is 0 Å². The first-order valence-electron chi connectivity index (χ1n) is 4.75. The molecule has 4 nitrogen and oxygen atoms in total. The van der Waals surface area contributed by atoms with E-state index in [2.05, 4.69) is 25.9 Å². The minimum absolute atomic E-state index is 0.0388. The highest BCUT2D eigenvalue weighted by Gasteiger charge is 2.06. The Kier molecular flexibility index (Phi) is 3.93. The zero-order valence-electron chi connectivity index (χ0n) is 8.60. The van der Waals surface area contributed by atoms with Crippen LogP contribution in [0, 0.1) is 0 Å². The van der Waals surface area contributed by atoms with Crippen molar-refractivity contribution in [1.29, 1.82) is 0 Å². The van der Waals surface area contributed by atoms with Gasteiger partial charge in [-0.2, -0.15) is 4.98 Å². The lowest BCUT2D eigenvalue weighted by molar-refractivity contribution is 0.281. The number of halogens is 2. The Morgan fingerprint density at radius 1 is 1.41 bits per heavy atom. The van der Waals surface area contributed by atoms with Crippen LogP contribution < -0.4 is 4.74 Å². The predicted octanol–water partition coefficient (Wildman–Crippen LogP) is 3.18. The Morgan fingerprint density at radius 2 is 2.24 bits per heavy atom. The van der Waals surface area contributed by atoms with Crippen LogP contribution >= 0.6 is 27.5 Å². The summed E-state index contributed by atoms with van der Waals surface area (Å²) in [6, 6.07) is 7.08. The monoisotopic (exact) mass is 314 g/mol. The zero-order chi connectivity index (χ0) is 12.3. The van der Waals surface area contributed by atoms with Crippen molar-refractivity contribution in [2.75, 3.05) is 0 Å². The molecule has 0 aliphatic carbocycles. The first-order valence-corrected chi connectivity index (χ1v) is 5.92. The topological polar surface area (TPSA) is 55.2 Å². The lowest BCUT2D eigenvalue weighted by Gasteiger charge is -2.07. The molecule has 0 radical (unpaired) electrons. The summed E-state index contributed by atoms with van der Waals surface area (Å²) in [6.45, 7) is -0.0388. The first kappa shape index (κ1) is 12.3. The van der Waals surface area contributed by atoms with Crippen LogP contribution in [-0.2, 0) is 6.61 Å². The summed E-state index contributed by atoms with van der Waals surface area (Å²) >= 11 is 8.94. The van der Waals surface area contributed by atoms with Crippen LogP contribution in [-0.4, -0.2) is 15.1 Å². The van der Waals surface area contributed by atoms with E-state index in [4.69, 9.17) is 21.4 Å². The molecule has 17 heavy (non-hydrogen) atoms. The molecule has 0 saturated heterocycles. The molecule has 0 fully saturated rings. The summed E-state index contributed by atoms with van der Waals surface area (Å²) in [4.78, 5) is 7.75. The molecule has 1 heterocycles. The highest BCUT2D eigenvalue weighted by molar-refractivity contribution is 9.10. The summed E-state index contributed by atoms with van der Waals surface area (Å²) in [5.41, 5.74) is 0.763. The summed E-state index contributed by atoms with van der Waals surface area (Å²) in [6.07, 6.45) is 1.51. The molecule has 1 aromatic heterocycles. The van der Waals surface area contributed by atoms with Gasteiger partial charge < -0.3 is 9.84 Å². The zero-order valence-corrected chi connectivity index (χ0v) is 10.9. The third-order valence-corrected chi connectivity index (χ3v) is 2.70. The van der Waals surface area contributed by atoms with Gasteiger partial charge in [0, 0.05) is 6.20 Å². The van der Waals surface area contributed by atoms with E-state index in [-0.39, 0.29) is 11.9 Å². The number of aromatic nitrogens is 2. The molecule has 1 N–H and O–H groups in total. The number of rotatable bonds is 3. The first-order chi connectivity index (χ1) is 8.19. The molecule has 1 aromatic carbocycles. The molecule has 2 rings (SSSR count). The Bertz CT molecular complexity index is 537. The van der Waals surface area contributed by atoms with Crippen LogP contribution in [0.5, 0.6) is 11.6 Å². The van der Waals surface area contributed by atoms with Crippen LogP contribution in [0.1, 0.15) is 5.56 Å². The van der Waals surface area contributed by atoms with Crippen molar-refractivity contribution in [3.8, 4) is 11.6 Å². The van der Waals surface area contributed by atoms with Gasteiger partial charge in [0.1, 0.15) is 5.75 Å². The molecular formula is C11H8BrClN2O2. The molecule has 6 heteroatoms. The van der Waals surface area contributed by atoms with Crippen LogP contribution in [0.3, 0.4) is 0 Å². The van der Waals surface area contributed by atoms with Crippen molar-refractivity contribution < 1.29 is 9.84 Å². The lowest BCUT2D eigenvalue weighted by atomic mass is 10.2. The van der Waals surface area contributed by atoms with Crippen LogP contribution in [0.4, 0.5) is 0 Å². The van der Waals surface area contributed by atoms with E-state index < -0.39 is 0 Å². The van der Waals surface area contributed by atoms with Gasteiger partial charge in [-0.1, -0.05) is 12.1 Å². The highest BCUT2D eigenvalue weighted by Crippen LogP contribution is 2.28. The Hall–Kier alpha value is -1.17. The Balaban J connectivity index is 2.27. The van der Waals surface area contributed by atoms with Gasteiger partial charge >= 0.3 is 0 Å². The van der Waals surface area contributed by atoms with E-state index in [9.17, 15) is 0 Å². The van der Waals surface area contributed by atoms with Crippen molar-refractivity contribution >= 4 is 27.5 Å². The van der Waals surface area contributed by atoms with Gasteiger partial charge in [0.25, 0.3) is 0 Å². The van der Waals surface area contributed by atoms with Crippen molar-refractivity contribution in [2.45, 2.75) is 6.61 Å². The van der Waals surface area contributed by atoms with Gasteiger partial charge in [-0.05, 0) is 45.2 Å². The van der Waals surface area contributed by atoms with E-state index in [0.29, 0.717) is 16.1 Å². The fourth-order valence-electron chi connectivity index (χ4n) is 1.22. The van der Waals surface area contributed by atoms with Crippen LogP contribution in [0.15, 0.2) is 34.9 Å². The Morgan fingerprint density at radius 3 is 3.00 bits per heavy atom. The van der Waals surface area contributed by atoms with Gasteiger partial charge in [0.05, 0.1) is 11.1 Å². The number of aliphatic hydroxyl groups excluding tert-OH is 1. The van der Waals surface area contributed by atoms with Gasteiger partial charge in [-0.15, -0.1) is 0 Å². The second-order valence-electron chi connectivity index (χ2n) is 3.20. The van der Waals surface area contributed by atoms with Gasteiger partial charge in [0.15, 0.2) is 0 Å². The smallest absolute Gasteiger partial charge is 0.237 e. The molecule has 0 spiro atoms. The molecule has 88 valence electrons. The second-order valence-corrected chi connectivity index (χ2v) is 4.39. The van der Waals surface area contributed by atoms with Crippen molar-refractivity contribution in [3.63, 3.8) is 0 Å². The highest BCUT2D eigenvalue weighted by atomic mass is 79.9. The lowest BCUT2D eigenvalue weighted by Crippen LogP contribution is -1.92. The van der Waals surface area contributed by atoms with Crippen molar-refractivity contribution in [1.82, 2.24) is 9.97 Å². The number of hydrogen-bond donors (Lipinski definition) is 1. The number of ether oxygens (including phenoxy) is 1. The van der Waals surface area contributed by atoms with Crippen LogP contribution in [0.25, 0.3) is 0 Å². The molecule has 2 aromatic rings. The summed E-state index contributed by atoms with van der Waals surface area (Å²) < 4.78 is 6.15. The number of benzene rings is 1. The molecule has 0 atom stereocenters. The minimum Gasteiger partial charge on any atom is -0.438 e. The molecule has 0 bridgehead atoms. The molecule has 0 unspecified atom stereocenters. The summed E-state index contributed by atoms with van der Waals surface area (Å²) in [5, 5.41) is 9.13. The van der Waals surface area contributed by atoms with Gasteiger partial charge in [0.2, 0.25) is 11.2 Å². The molecule has 0 aliphatic heterocycles. The molecule has 0 saturated carbocycles. The summed E-state index contributed by atoms with van der Waals surface area (Å²) in [5.74, 6) is 0.909. The minimum atomic E-state index is -0.0388. The summed E-state index contributed by atoms with van der Waals surface area (Å²) in [7, 11) is 0. The average Bonchev–Trinajstić information content (AvgIpc) is 2.34. The maximum Gasteiger partial charge on any atom is 0.237 e. The molecule has 0 amide bonds. The van der Waals surface area contributed by atoms with Gasteiger partial charge in [-0.25, -0.2) is 4.98 Å². The fraction of sp³-hybridized carbons (Fsp3) is 0.0909. The SMILES string of the molecule is OCc1cccc(Oc2nc(Cl)ncc2Br)c1. The van der Waals surface area contributed by atoms with Crippen molar-refractivity contribution in [3.05, 3.63) is 45.8 Å². The number of nitrogens with zero attached hydrogens (tertiary/aromatic N) is 2. The predicted molar refractivity (Wildman–Crippen MR) is 67.2 cm³/mol. The van der Waals surface area contributed by atoms with Gasteiger partial charge in [-0.3, -0.25) is 0 Å². The fourth-order valence-corrected chi connectivity index (χ4v) is 1.62. The third-order valence-electron chi connectivity index (χ3n) is 1.98. The Labute approximate surface area is 111 Å². The number of aliphatic hydroxyl groups is 1. The van der Waals surface area contributed by atoms with E-state index in [1.807, 2.05) is 0 Å². The second kappa shape index (κ2) is 5.44. The van der Waals surface area contributed by atoms with E-state index in [1.54, 1.807) is 24.3 Å². The standard InChI is InChI=1S/C11H8BrClN2O2/c12-9-5-14-11(13)15-10(9)17-8-3-1-2-7(4-8)6-16/h1-5,16H,6H2. The van der Waals surface area contributed by atoms with Crippen LogP contribution in [0.2, 0.25) is 5.28 Å². The maximum atomic E-state index is 9.02. The third kappa shape index (κ3) is 3.15. The van der Waals surface area contributed by atoms with E-state index in [1.165, 1.54) is 6.20 Å². The average molecular weight is 316 g/mol. The molecule has 0 aliphatic rings. The van der Waals surface area contributed by atoms with Crippen molar-refractivity contribution in [2.24, 2.45) is 0 Å². The number of hydrogen-bond acceptors (Lipinski definition) is 4.